The normalized spacial score (nSPS) is 23.2. The molecule has 0 aromatic heterocycles. The summed E-state index contributed by atoms with van der Waals surface area (Å²) in [6, 6.07) is 14.1. The highest BCUT2D eigenvalue weighted by Gasteiger charge is 2.50. The number of hydrogen-bond donors (Lipinski definition) is 1. The Bertz CT molecular complexity index is 988. The van der Waals surface area contributed by atoms with Crippen molar-refractivity contribution in [2.24, 2.45) is 0 Å². The highest BCUT2D eigenvalue weighted by atomic mass is 16.5. The quantitative estimate of drug-likeness (QED) is 0.810. The molecule has 0 spiro atoms. The Labute approximate surface area is 169 Å². The van der Waals surface area contributed by atoms with E-state index in [1.165, 1.54) is 0 Å². The minimum atomic E-state index is -1.22. The van der Waals surface area contributed by atoms with Gasteiger partial charge in [0.25, 0.3) is 5.91 Å². The van der Waals surface area contributed by atoms with Crippen molar-refractivity contribution < 1.29 is 19.1 Å². The molecule has 0 aliphatic carbocycles. The second-order valence-electron chi connectivity index (χ2n) is 7.62. The highest BCUT2D eigenvalue weighted by molar-refractivity contribution is 6.10. The molecule has 1 fully saturated rings. The zero-order chi connectivity index (χ0) is 20.8. The average molecular weight is 393 g/mol. The number of para-hydroxylation sites is 1. The van der Waals surface area contributed by atoms with Crippen molar-refractivity contribution in [3.05, 3.63) is 59.7 Å². The Morgan fingerprint density at radius 3 is 2.55 bits per heavy atom. The van der Waals surface area contributed by atoms with Crippen molar-refractivity contribution in [1.29, 1.82) is 0 Å². The van der Waals surface area contributed by atoms with Gasteiger partial charge >= 0.3 is 6.03 Å². The number of hydrogen-bond acceptors (Lipinski definition) is 4. The van der Waals surface area contributed by atoms with E-state index in [2.05, 4.69) is 5.32 Å². The van der Waals surface area contributed by atoms with E-state index in [0.717, 1.165) is 22.6 Å². The van der Waals surface area contributed by atoms with Crippen LogP contribution >= 0.6 is 0 Å². The molecule has 2 aliphatic heterocycles. The fourth-order valence-electron chi connectivity index (χ4n) is 4.12. The summed E-state index contributed by atoms with van der Waals surface area (Å²) in [6.45, 7) is 3.31. The zero-order valence-electron chi connectivity index (χ0n) is 16.6. The van der Waals surface area contributed by atoms with E-state index in [4.69, 9.17) is 4.74 Å². The molecule has 2 heterocycles. The number of methoxy groups -OCH3 is 1. The summed E-state index contributed by atoms with van der Waals surface area (Å²) >= 11 is 0. The number of carbonyl (C=O) groups is 3. The van der Waals surface area contributed by atoms with Crippen molar-refractivity contribution >= 4 is 23.5 Å². The number of nitrogens with one attached hydrogen (secondary N) is 1. The van der Waals surface area contributed by atoms with Crippen LogP contribution in [0.2, 0.25) is 0 Å². The van der Waals surface area contributed by atoms with E-state index >= 15 is 0 Å². The van der Waals surface area contributed by atoms with Gasteiger partial charge in [-0.2, -0.15) is 0 Å². The summed E-state index contributed by atoms with van der Waals surface area (Å²) in [4.78, 5) is 41.4. The number of benzene rings is 2. The summed E-state index contributed by atoms with van der Waals surface area (Å²) in [6.07, 6.45) is 0.756. The topological polar surface area (TPSA) is 79.0 Å². The third kappa shape index (κ3) is 3.03. The first-order valence-corrected chi connectivity index (χ1v) is 9.54. The maximum atomic E-state index is 13.1. The lowest BCUT2D eigenvalue weighted by molar-refractivity contribution is -0.134. The van der Waals surface area contributed by atoms with Gasteiger partial charge in [0.1, 0.15) is 17.8 Å². The molecule has 0 radical (unpaired) electrons. The molecule has 7 nitrogen and oxygen atoms in total. The van der Waals surface area contributed by atoms with E-state index < -0.39 is 17.5 Å². The first-order valence-electron chi connectivity index (χ1n) is 9.54. The molecular formula is C22H23N3O4. The predicted octanol–water partition coefficient (Wildman–Crippen LogP) is 2.44. The lowest BCUT2D eigenvalue weighted by Crippen LogP contribution is -2.46. The van der Waals surface area contributed by atoms with Gasteiger partial charge in [-0.1, -0.05) is 30.3 Å². The summed E-state index contributed by atoms with van der Waals surface area (Å²) in [5.41, 5.74) is 1.34. The number of rotatable bonds is 4. The fraction of sp³-hybridized carbons (Fsp3) is 0.318. The standard InChI is InChI=1S/C22H23N3O4/c1-14-12-15-6-4-5-7-18(15)25(14)19(26)13-24-20(27)22(2,23-21(24)28)16-8-10-17(29-3)11-9-16/h4-11,14H,12-13H2,1-3H3,(H,23,28)/t14-,22+/m1/s1. The van der Waals surface area contributed by atoms with Crippen molar-refractivity contribution in [2.45, 2.75) is 31.8 Å². The van der Waals surface area contributed by atoms with Gasteiger partial charge in [-0.15, -0.1) is 0 Å². The molecule has 0 saturated carbocycles. The van der Waals surface area contributed by atoms with Crippen LogP contribution in [0.25, 0.3) is 0 Å². The van der Waals surface area contributed by atoms with Crippen LogP contribution in [0.1, 0.15) is 25.0 Å². The maximum Gasteiger partial charge on any atom is 0.325 e. The smallest absolute Gasteiger partial charge is 0.325 e. The molecule has 29 heavy (non-hydrogen) atoms. The number of carbonyl (C=O) groups excluding carboxylic acids is 3. The molecule has 2 aromatic rings. The first-order chi connectivity index (χ1) is 13.8. The lowest BCUT2D eigenvalue weighted by Gasteiger charge is -2.25. The Kier molecular flexibility index (Phi) is 4.53. The molecule has 4 rings (SSSR count). The van der Waals surface area contributed by atoms with Gasteiger partial charge < -0.3 is 15.0 Å². The zero-order valence-corrected chi connectivity index (χ0v) is 16.6. The monoisotopic (exact) mass is 393 g/mol. The number of urea groups is 1. The van der Waals surface area contributed by atoms with Crippen LogP contribution in [-0.2, 0) is 21.5 Å². The molecule has 4 amide bonds. The second-order valence-corrected chi connectivity index (χ2v) is 7.62. The molecule has 1 N–H and O–H groups in total. The molecule has 7 heteroatoms. The molecular weight excluding hydrogens is 370 g/mol. The summed E-state index contributed by atoms with van der Waals surface area (Å²) in [7, 11) is 1.56. The fourth-order valence-corrected chi connectivity index (χ4v) is 4.12. The van der Waals surface area contributed by atoms with Gasteiger partial charge in [-0.25, -0.2) is 4.79 Å². The van der Waals surface area contributed by atoms with Crippen molar-refractivity contribution in [2.75, 3.05) is 18.6 Å². The third-order valence-electron chi connectivity index (χ3n) is 5.71. The molecule has 2 atom stereocenters. The Hall–Kier alpha value is -3.35. The van der Waals surface area contributed by atoms with Crippen LogP contribution in [0.5, 0.6) is 5.75 Å². The van der Waals surface area contributed by atoms with Crippen LogP contribution < -0.4 is 15.0 Å². The van der Waals surface area contributed by atoms with Gasteiger partial charge in [-0.05, 0) is 49.6 Å². The molecule has 2 aliphatic rings. The minimum absolute atomic E-state index is 0.0198. The van der Waals surface area contributed by atoms with E-state index in [-0.39, 0.29) is 18.5 Å². The molecule has 150 valence electrons. The van der Waals surface area contributed by atoms with E-state index in [1.54, 1.807) is 43.2 Å². The van der Waals surface area contributed by atoms with E-state index in [1.807, 2.05) is 31.2 Å². The third-order valence-corrected chi connectivity index (χ3v) is 5.71. The van der Waals surface area contributed by atoms with Gasteiger partial charge in [0.05, 0.1) is 7.11 Å². The second kappa shape index (κ2) is 6.92. The first kappa shape index (κ1) is 19.0. The number of fused-ring (bicyclic) bond motifs is 1. The number of anilines is 1. The summed E-state index contributed by atoms with van der Waals surface area (Å²) in [5, 5.41) is 2.74. The maximum absolute atomic E-state index is 13.1. The van der Waals surface area contributed by atoms with Crippen LogP contribution in [-0.4, -0.2) is 42.4 Å². The Balaban J connectivity index is 1.56. The molecule has 0 unspecified atom stereocenters. The molecule has 0 bridgehead atoms. The van der Waals surface area contributed by atoms with E-state index in [0.29, 0.717) is 11.3 Å². The van der Waals surface area contributed by atoms with Crippen LogP contribution in [0.15, 0.2) is 48.5 Å². The van der Waals surface area contributed by atoms with Crippen molar-refractivity contribution in [3.8, 4) is 5.75 Å². The van der Waals surface area contributed by atoms with Gasteiger partial charge in [0, 0.05) is 11.7 Å². The van der Waals surface area contributed by atoms with Crippen LogP contribution in [0, 0.1) is 0 Å². The van der Waals surface area contributed by atoms with Gasteiger partial charge in [0.15, 0.2) is 0 Å². The number of ether oxygens (including phenoxy) is 1. The SMILES string of the molecule is COc1ccc([C@]2(C)NC(=O)N(CC(=O)N3c4ccccc4C[C@H]3C)C2=O)cc1. The van der Waals surface area contributed by atoms with E-state index in [9.17, 15) is 14.4 Å². The molecule has 1 saturated heterocycles. The molecule has 2 aromatic carbocycles. The van der Waals surface area contributed by atoms with Crippen molar-refractivity contribution in [3.63, 3.8) is 0 Å². The number of nitrogens with zero attached hydrogens (tertiary/aromatic N) is 2. The van der Waals surface area contributed by atoms with Crippen LogP contribution in [0.4, 0.5) is 10.5 Å². The van der Waals surface area contributed by atoms with Crippen LogP contribution in [0.3, 0.4) is 0 Å². The largest absolute Gasteiger partial charge is 0.497 e. The van der Waals surface area contributed by atoms with Gasteiger partial charge in [-0.3, -0.25) is 14.5 Å². The minimum Gasteiger partial charge on any atom is -0.497 e. The van der Waals surface area contributed by atoms with Gasteiger partial charge in [0.2, 0.25) is 5.91 Å². The highest BCUT2D eigenvalue weighted by Crippen LogP contribution is 2.33. The lowest BCUT2D eigenvalue weighted by atomic mass is 9.92. The number of amides is 4. The summed E-state index contributed by atoms with van der Waals surface area (Å²) < 4.78 is 5.15. The predicted molar refractivity (Wildman–Crippen MR) is 108 cm³/mol. The summed E-state index contributed by atoms with van der Waals surface area (Å²) in [5.74, 6) is -0.0612. The van der Waals surface area contributed by atoms with Crippen molar-refractivity contribution in [1.82, 2.24) is 10.2 Å². The Morgan fingerprint density at radius 1 is 1.17 bits per heavy atom. The average Bonchev–Trinajstić information content (AvgIpc) is 3.16. The number of imide groups is 1. The Morgan fingerprint density at radius 2 is 1.86 bits per heavy atom.